The minimum Gasteiger partial charge on any atom is -0.438 e. The number of hydrogen-bond donors (Lipinski definition) is 1. The molecule has 0 spiro atoms. The standard InChI is InChI=1S/C31H40FN5O5/c1-19(2)14-23-24(32)17-33-25-16-22(34-29(23)25)18-37-20(3)12-13-21(30(37)40)15-26(38)27(42-31(41)36(6)7)10-8-9-11-28(39)35(4)5/h9,11-13,16-17,19,27,34H,8,10,14-15,18H2,1-7H3/b11-9+/t27-/m0/s1. The van der Waals surface area contributed by atoms with Crippen LogP contribution < -0.4 is 5.56 Å². The van der Waals surface area contributed by atoms with Crippen molar-refractivity contribution in [2.75, 3.05) is 28.2 Å². The average Bonchev–Trinajstić information content (AvgIpc) is 3.34. The number of aromatic amines is 1. The zero-order valence-electron chi connectivity index (χ0n) is 25.4. The summed E-state index contributed by atoms with van der Waals surface area (Å²) < 4.78 is 21.5. The molecule has 2 amide bonds. The van der Waals surface area contributed by atoms with Crippen LogP contribution in [0.1, 0.15) is 49.2 Å². The highest BCUT2D eigenvalue weighted by atomic mass is 19.1. The number of allylic oxidation sites excluding steroid dienone is 1. The summed E-state index contributed by atoms with van der Waals surface area (Å²) in [6.07, 6.45) is 3.26. The van der Waals surface area contributed by atoms with Gasteiger partial charge in [0.2, 0.25) is 5.91 Å². The molecule has 1 N–H and O–H groups in total. The Morgan fingerprint density at radius 1 is 1.14 bits per heavy atom. The first-order chi connectivity index (χ1) is 19.8. The van der Waals surface area contributed by atoms with E-state index >= 15 is 0 Å². The number of amides is 2. The second-order valence-corrected chi connectivity index (χ2v) is 11.3. The van der Waals surface area contributed by atoms with Gasteiger partial charge in [0.1, 0.15) is 5.82 Å². The van der Waals surface area contributed by atoms with Gasteiger partial charge in [0.05, 0.1) is 23.8 Å². The van der Waals surface area contributed by atoms with E-state index in [4.69, 9.17) is 4.74 Å². The SMILES string of the molecule is Cc1ccc(CC(=O)[C@H](CC/C=C/C(=O)N(C)C)OC(=O)N(C)C)c(=O)n1Cc1cc2ncc(F)c(CC(C)C)c2[nH]1. The van der Waals surface area contributed by atoms with E-state index in [0.717, 1.165) is 0 Å². The second kappa shape index (κ2) is 14.1. The number of aryl methyl sites for hydroxylation is 1. The molecule has 1 atom stereocenters. The van der Waals surface area contributed by atoms with E-state index in [-0.39, 0.29) is 48.2 Å². The van der Waals surface area contributed by atoms with Crippen molar-refractivity contribution < 1.29 is 23.5 Å². The summed E-state index contributed by atoms with van der Waals surface area (Å²) in [5, 5.41) is 0. The summed E-state index contributed by atoms with van der Waals surface area (Å²) in [5.41, 5.74) is 3.06. The van der Waals surface area contributed by atoms with Crippen LogP contribution in [0.5, 0.6) is 0 Å². The molecule has 42 heavy (non-hydrogen) atoms. The Bertz CT molecular complexity index is 1540. The third-order valence-electron chi connectivity index (χ3n) is 6.80. The molecule has 0 saturated carbocycles. The molecule has 0 aliphatic rings. The summed E-state index contributed by atoms with van der Waals surface area (Å²) >= 11 is 0. The Morgan fingerprint density at radius 3 is 2.50 bits per heavy atom. The predicted octanol–water partition coefficient (Wildman–Crippen LogP) is 4.02. The van der Waals surface area contributed by atoms with Crippen molar-refractivity contribution in [2.45, 2.75) is 59.1 Å². The molecule has 0 aromatic carbocycles. The van der Waals surface area contributed by atoms with Crippen LogP contribution in [0, 0.1) is 18.7 Å². The quantitative estimate of drug-likeness (QED) is 0.323. The predicted molar refractivity (Wildman–Crippen MR) is 159 cm³/mol. The summed E-state index contributed by atoms with van der Waals surface area (Å²) in [4.78, 5) is 61.0. The van der Waals surface area contributed by atoms with Gasteiger partial charge < -0.3 is 24.1 Å². The number of hydrogen-bond acceptors (Lipinski definition) is 6. The Hall–Kier alpha value is -4.28. The van der Waals surface area contributed by atoms with Crippen LogP contribution in [0.25, 0.3) is 11.0 Å². The number of nitrogens with zero attached hydrogens (tertiary/aromatic N) is 4. The maximum atomic E-state index is 14.5. The molecule has 0 saturated heterocycles. The van der Waals surface area contributed by atoms with E-state index < -0.39 is 18.0 Å². The van der Waals surface area contributed by atoms with Crippen LogP contribution in [0.15, 0.2) is 41.3 Å². The molecular formula is C31H40FN5O5. The van der Waals surface area contributed by atoms with Crippen LogP contribution in [-0.4, -0.2) is 76.4 Å². The number of Topliss-reactive ketones (excluding diaryl/α,β-unsaturated/α-hetero) is 1. The number of ketones is 1. The summed E-state index contributed by atoms with van der Waals surface area (Å²) in [7, 11) is 6.28. The second-order valence-electron chi connectivity index (χ2n) is 11.3. The van der Waals surface area contributed by atoms with Crippen molar-refractivity contribution >= 4 is 28.8 Å². The van der Waals surface area contributed by atoms with Gasteiger partial charge in [-0.25, -0.2) is 9.18 Å². The minimum absolute atomic E-state index is 0.160. The van der Waals surface area contributed by atoms with Crippen LogP contribution in [0.2, 0.25) is 0 Å². The van der Waals surface area contributed by atoms with Gasteiger partial charge in [0.15, 0.2) is 11.9 Å². The topological polar surface area (TPSA) is 118 Å². The Kier molecular flexibility index (Phi) is 10.8. The number of halogens is 1. The van der Waals surface area contributed by atoms with E-state index in [9.17, 15) is 23.6 Å². The van der Waals surface area contributed by atoms with Gasteiger partial charge in [-0.15, -0.1) is 0 Å². The van der Waals surface area contributed by atoms with E-state index in [1.54, 1.807) is 49.9 Å². The zero-order chi connectivity index (χ0) is 31.1. The molecule has 0 fully saturated rings. The fourth-order valence-electron chi connectivity index (χ4n) is 4.46. The first-order valence-corrected chi connectivity index (χ1v) is 13.9. The smallest absolute Gasteiger partial charge is 0.409 e. The van der Waals surface area contributed by atoms with Crippen molar-refractivity contribution in [1.82, 2.24) is 24.3 Å². The average molecular weight is 582 g/mol. The first-order valence-electron chi connectivity index (χ1n) is 13.9. The summed E-state index contributed by atoms with van der Waals surface area (Å²) in [5.74, 6) is -0.750. The number of likely N-dealkylation sites (N-methyl/N-ethyl adjacent to an activating group) is 1. The van der Waals surface area contributed by atoms with Crippen LogP contribution in [0.3, 0.4) is 0 Å². The molecule has 226 valence electrons. The maximum absolute atomic E-state index is 14.5. The number of carbonyl (C=O) groups is 3. The number of aromatic nitrogens is 3. The lowest BCUT2D eigenvalue weighted by Crippen LogP contribution is -2.35. The normalized spacial score (nSPS) is 12.2. The van der Waals surface area contributed by atoms with Crippen LogP contribution >= 0.6 is 0 Å². The number of nitrogens with one attached hydrogen (secondary N) is 1. The van der Waals surface area contributed by atoms with Crippen molar-refractivity contribution in [3.63, 3.8) is 0 Å². The number of pyridine rings is 2. The van der Waals surface area contributed by atoms with Crippen molar-refractivity contribution in [3.05, 3.63) is 75.2 Å². The molecule has 0 bridgehead atoms. The summed E-state index contributed by atoms with van der Waals surface area (Å²) in [6, 6.07) is 5.16. The van der Waals surface area contributed by atoms with E-state index in [0.29, 0.717) is 40.8 Å². The van der Waals surface area contributed by atoms with Crippen molar-refractivity contribution in [2.24, 2.45) is 5.92 Å². The fraction of sp³-hybridized carbons (Fsp3) is 0.452. The zero-order valence-corrected chi connectivity index (χ0v) is 25.4. The lowest BCUT2D eigenvalue weighted by molar-refractivity contribution is -0.127. The van der Waals surface area contributed by atoms with Gasteiger partial charge in [0, 0.05) is 57.1 Å². The summed E-state index contributed by atoms with van der Waals surface area (Å²) in [6.45, 7) is 6.00. The monoisotopic (exact) mass is 581 g/mol. The number of ether oxygens (including phenoxy) is 1. The molecule has 0 unspecified atom stereocenters. The number of rotatable bonds is 12. The van der Waals surface area contributed by atoms with Gasteiger partial charge >= 0.3 is 6.09 Å². The Balaban J connectivity index is 1.84. The molecule has 3 heterocycles. The molecule has 0 aliphatic carbocycles. The highest BCUT2D eigenvalue weighted by Gasteiger charge is 2.25. The molecular weight excluding hydrogens is 541 g/mol. The van der Waals surface area contributed by atoms with Crippen LogP contribution in [0.4, 0.5) is 9.18 Å². The molecule has 0 radical (unpaired) electrons. The highest BCUT2D eigenvalue weighted by molar-refractivity contribution is 5.88. The number of H-pyrrole nitrogens is 1. The minimum atomic E-state index is -1.10. The van der Waals surface area contributed by atoms with Gasteiger partial charge in [-0.2, -0.15) is 0 Å². The van der Waals surface area contributed by atoms with Gasteiger partial charge in [-0.05, 0) is 50.3 Å². The van der Waals surface area contributed by atoms with Crippen LogP contribution in [-0.2, 0) is 33.7 Å². The van der Waals surface area contributed by atoms with Gasteiger partial charge in [-0.3, -0.25) is 19.4 Å². The molecule has 10 nitrogen and oxygen atoms in total. The van der Waals surface area contributed by atoms with E-state index in [1.165, 1.54) is 36.2 Å². The molecule has 11 heteroatoms. The lowest BCUT2D eigenvalue weighted by atomic mass is 10.0. The third kappa shape index (κ3) is 8.14. The lowest BCUT2D eigenvalue weighted by Gasteiger charge is -2.19. The maximum Gasteiger partial charge on any atom is 0.409 e. The first kappa shape index (κ1) is 32.2. The third-order valence-corrected chi connectivity index (χ3v) is 6.80. The largest absolute Gasteiger partial charge is 0.438 e. The van der Waals surface area contributed by atoms with Gasteiger partial charge in [-0.1, -0.05) is 26.0 Å². The number of carbonyl (C=O) groups excluding carboxylic acids is 3. The van der Waals surface area contributed by atoms with E-state index in [2.05, 4.69) is 9.97 Å². The highest BCUT2D eigenvalue weighted by Crippen LogP contribution is 2.23. The van der Waals surface area contributed by atoms with Gasteiger partial charge in [0.25, 0.3) is 5.56 Å². The van der Waals surface area contributed by atoms with E-state index in [1.807, 2.05) is 13.8 Å². The fourth-order valence-corrected chi connectivity index (χ4v) is 4.46. The Morgan fingerprint density at radius 2 is 1.86 bits per heavy atom. The molecule has 3 aromatic heterocycles. The number of fused-ring (bicyclic) bond motifs is 1. The molecule has 0 aliphatic heterocycles. The van der Waals surface area contributed by atoms with Crippen molar-refractivity contribution in [3.8, 4) is 0 Å². The molecule has 3 rings (SSSR count). The Labute approximate surface area is 245 Å². The van der Waals surface area contributed by atoms with Crippen molar-refractivity contribution in [1.29, 1.82) is 0 Å². The molecule has 3 aromatic rings.